The van der Waals surface area contributed by atoms with E-state index >= 15 is 0 Å². The summed E-state index contributed by atoms with van der Waals surface area (Å²) in [4.78, 5) is 5.33. The second-order valence-corrected chi connectivity index (χ2v) is 8.00. The van der Waals surface area contributed by atoms with Gasteiger partial charge in [-0.25, -0.2) is 0 Å². The minimum absolute atomic E-state index is 0.380. The summed E-state index contributed by atoms with van der Waals surface area (Å²) in [5.74, 6) is 1.84. The van der Waals surface area contributed by atoms with Crippen molar-refractivity contribution in [3.63, 3.8) is 0 Å². The molecule has 0 atom stereocenters. The van der Waals surface area contributed by atoms with Gasteiger partial charge in [-0.3, -0.25) is 0 Å². The van der Waals surface area contributed by atoms with Crippen molar-refractivity contribution >= 4 is 0 Å². The molecule has 2 aliphatic heterocycles. The lowest BCUT2D eigenvalue weighted by Crippen LogP contribution is -2.40. The molecular formula is C19H38N2O. The highest BCUT2D eigenvalue weighted by molar-refractivity contribution is 4.76. The Hall–Kier alpha value is -0.120. The van der Waals surface area contributed by atoms with Crippen LogP contribution in [0.3, 0.4) is 0 Å². The van der Waals surface area contributed by atoms with Gasteiger partial charge >= 0.3 is 0 Å². The van der Waals surface area contributed by atoms with Gasteiger partial charge in [-0.2, -0.15) is 0 Å². The SMILES string of the molecule is CC(C)OC1CCN(CCCN2CCC(C(C)C)CC2)CC1. The summed E-state index contributed by atoms with van der Waals surface area (Å²) in [6.07, 6.45) is 7.49. The monoisotopic (exact) mass is 310 g/mol. The lowest BCUT2D eigenvalue weighted by Gasteiger charge is -2.35. The fourth-order valence-electron chi connectivity index (χ4n) is 4.01. The minimum atomic E-state index is 0.380. The number of nitrogens with zero attached hydrogens (tertiary/aromatic N) is 2. The van der Waals surface area contributed by atoms with Crippen LogP contribution in [0.4, 0.5) is 0 Å². The molecule has 0 N–H and O–H groups in total. The number of ether oxygens (including phenoxy) is 1. The van der Waals surface area contributed by atoms with Crippen molar-refractivity contribution in [2.75, 3.05) is 39.3 Å². The van der Waals surface area contributed by atoms with Gasteiger partial charge in [0.2, 0.25) is 0 Å². The summed E-state index contributed by atoms with van der Waals surface area (Å²) in [5, 5.41) is 0. The van der Waals surface area contributed by atoms with Gasteiger partial charge in [-0.1, -0.05) is 13.8 Å². The van der Waals surface area contributed by atoms with Crippen molar-refractivity contribution < 1.29 is 4.74 Å². The van der Waals surface area contributed by atoms with Crippen LogP contribution >= 0.6 is 0 Å². The van der Waals surface area contributed by atoms with E-state index in [0.717, 1.165) is 11.8 Å². The summed E-state index contributed by atoms with van der Waals surface area (Å²) in [5.41, 5.74) is 0. The number of hydrogen-bond acceptors (Lipinski definition) is 3. The van der Waals surface area contributed by atoms with Crippen LogP contribution < -0.4 is 0 Å². The van der Waals surface area contributed by atoms with Crippen molar-refractivity contribution in [2.24, 2.45) is 11.8 Å². The fourth-order valence-corrected chi connectivity index (χ4v) is 4.01. The van der Waals surface area contributed by atoms with Gasteiger partial charge in [0.05, 0.1) is 12.2 Å². The summed E-state index contributed by atoms with van der Waals surface area (Å²) < 4.78 is 5.93. The Morgan fingerprint density at radius 1 is 0.818 bits per heavy atom. The molecular weight excluding hydrogens is 272 g/mol. The molecule has 2 aliphatic rings. The molecule has 0 aromatic rings. The fraction of sp³-hybridized carbons (Fsp3) is 1.00. The Bertz CT molecular complexity index is 290. The standard InChI is InChI=1S/C19H38N2O/c1-16(2)18-6-12-20(13-7-18)10-5-11-21-14-8-19(9-15-21)22-17(3)4/h16-19H,5-15H2,1-4H3. The van der Waals surface area contributed by atoms with Gasteiger partial charge in [-0.05, 0) is 84.0 Å². The molecule has 0 saturated carbocycles. The number of rotatable bonds is 7. The van der Waals surface area contributed by atoms with Crippen LogP contribution in [0.2, 0.25) is 0 Å². The van der Waals surface area contributed by atoms with Crippen LogP contribution in [0.25, 0.3) is 0 Å². The molecule has 3 heteroatoms. The van der Waals surface area contributed by atoms with Crippen LogP contribution in [0.15, 0.2) is 0 Å². The van der Waals surface area contributed by atoms with Crippen molar-refractivity contribution in [3.8, 4) is 0 Å². The molecule has 0 spiro atoms. The maximum absolute atomic E-state index is 5.93. The number of piperidine rings is 2. The smallest absolute Gasteiger partial charge is 0.0603 e. The number of hydrogen-bond donors (Lipinski definition) is 0. The van der Waals surface area contributed by atoms with Crippen LogP contribution in [0.1, 0.15) is 59.8 Å². The van der Waals surface area contributed by atoms with E-state index in [-0.39, 0.29) is 0 Å². The summed E-state index contributed by atoms with van der Waals surface area (Å²) >= 11 is 0. The first-order valence-electron chi connectivity index (χ1n) is 9.64. The molecule has 2 rings (SSSR count). The van der Waals surface area contributed by atoms with E-state index < -0.39 is 0 Å². The molecule has 0 aromatic carbocycles. The zero-order valence-electron chi connectivity index (χ0n) is 15.4. The molecule has 130 valence electrons. The van der Waals surface area contributed by atoms with Gasteiger partial charge < -0.3 is 14.5 Å². The predicted octanol–water partition coefficient (Wildman–Crippen LogP) is 3.63. The average molecular weight is 311 g/mol. The first-order valence-corrected chi connectivity index (χ1v) is 9.64. The van der Waals surface area contributed by atoms with Gasteiger partial charge in [0.1, 0.15) is 0 Å². The minimum Gasteiger partial charge on any atom is -0.375 e. The Balaban J connectivity index is 1.53. The molecule has 2 saturated heterocycles. The predicted molar refractivity (Wildman–Crippen MR) is 94.3 cm³/mol. The maximum Gasteiger partial charge on any atom is 0.0603 e. The average Bonchev–Trinajstić information content (AvgIpc) is 2.49. The zero-order chi connectivity index (χ0) is 15.9. The molecule has 0 unspecified atom stereocenters. The lowest BCUT2D eigenvalue weighted by atomic mass is 9.87. The molecule has 2 fully saturated rings. The molecule has 3 nitrogen and oxygen atoms in total. The second kappa shape index (κ2) is 9.24. The molecule has 0 bridgehead atoms. The van der Waals surface area contributed by atoms with Gasteiger partial charge in [0.15, 0.2) is 0 Å². The second-order valence-electron chi connectivity index (χ2n) is 8.00. The molecule has 0 amide bonds. The van der Waals surface area contributed by atoms with E-state index in [4.69, 9.17) is 4.74 Å². The third-order valence-corrected chi connectivity index (χ3v) is 5.52. The highest BCUT2D eigenvalue weighted by Gasteiger charge is 2.22. The molecule has 0 aliphatic carbocycles. The van der Waals surface area contributed by atoms with Crippen LogP contribution in [-0.2, 0) is 4.74 Å². The van der Waals surface area contributed by atoms with Gasteiger partial charge in [0.25, 0.3) is 0 Å². The first-order chi connectivity index (χ1) is 10.5. The Morgan fingerprint density at radius 3 is 1.77 bits per heavy atom. The number of likely N-dealkylation sites (tertiary alicyclic amines) is 2. The van der Waals surface area contributed by atoms with Crippen LogP contribution in [0.5, 0.6) is 0 Å². The third kappa shape index (κ3) is 6.17. The first kappa shape index (κ1) is 18.2. The quantitative estimate of drug-likeness (QED) is 0.714. The zero-order valence-corrected chi connectivity index (χ0v) is 15.4. The van der Waals surface area contributed by atoms with E-state index in [1.165, 1.54) is 71.4 Å². The molecule has 0 radical (unpaired) electrons. The van der Waals surface area contributed by atoms with Gasteiger partial charge in [0, 0.05) is 13.1 Å². The highest BCUT2D eigenvalue weighted by atomic mass is 16.5. The summed E-state index contributed by atoms with van der Waals surface area (Å²) in [7, 11) is 0. The summed E-state index contributed by atoms with van der Waals surface area (Å²) in [6.45, 7) is 16.7. The molecule has 0 aromatic heterocycles. The van der Waals surface area contributed by atoms with E-state index in [2.05, 4.69) is 37.5 Å². The topological polar surface area (TPSA) is 15.7 Å². The van der Waals surface area contributed by atoms with Crippen molar-refractivity contribution in [1.82, 2.24) is 9.80 Å². The largest absolute Gasteiger partial charge is 0.375 e. The van der Waals surface area contributed by atoms with E-state index in [1.807, 2.05) is 0 Å². The Kier molecular flexibility index (Phi) is 7.66. The molecule has 22 heavy (non-hydrogen) atoms. The van der Waals surface area contributed by atoms with E-state index in [1.54, 1.807) is 0 Å². The van der Waals surface area contributed by atoms with Crippen LogP contribution in [-0.4, -0.2) is 61.3 Å². The third-order valence-electron chi connectivity index (χ3n) is 5.52. The highest BCUT2D eigenvalue weighted by Crippen LogP contribution is 2.24. The van der Waals surface area contributed by atoms with E-state index in [0.29, 0.717) is 12.2 Å². The van der Waals surface area contributed by atoms with Gasteiger partial charge in [-0.15, -0.1) is 0 Å². The summed E-state index contributed by atoms with van der Waals surface area (Å²) in [6, 6.07) is 0. The van der Waals surface area contributed by atoms with E-state index in [9.17, 15) is 0 Å². The lowest BCUT2D eigenvalue weighted by molar-refractivity contribution is -0.0271. The molecule has 2 heterocycles. The maximum atomic E-state index is 5.93. The van der Waals surface area contributed by atoms with Crippen molar-refractivity contribution in [3.05, 3.63) is 0 Å². The normalized spacial score (nSPS) is 23.7. The van der Waals surface area contributed by atoms with Crippen molar-refractivity contribution in [1.29, 1.82) is 0 Å². The Labute approximate surface area is 138 Å². The van der Waals surface area contributed by atoms with Crippen LogP contribution in [0, 0.1) is 11.8 Å². The van der Waals surface area contributed by atoms with Crippen molar-refractivity contribution in [2.45, 2.75) is 72.0 Å². The Morgan fingerprint density at radius 2 is 1.32 bits per heavy atom.